The lowest BCUT2D eigenvalue weighted by Gasteiger charge is -2.27. The van der Waals surface area contributed by atoms with Gasteiger partial charge in [-0.1, -0.05) is 0 Å². The highest BCUT2D eigenvalue weighted by Gasteiger charge is 2.23. The van der Waals surface area contributed by atoms with E-state index in [1.807, 2.05) is 38.5 Å². The highest BCUT2D eigenvalue weighted by molar-refractivity contribution is 5.10. The first kappa shape index (κ1) is 12.2. The number of aromatic nitrogens is 2. The predicted molar refractivity (Wildman–Crippen MR) is 60.5 cm³/mol. The number of nitrogens with two attached hydrogens (primary N) is 1. The third kappa shape index (κ3) is 3.04. The molecule has 0 aliphatic heterocycles. The Morgan fingerprint density at radius 1 is 1.40 bits per heavy atom. The minimum Gasteiger partial charge on any atom is -0.377 e. The van der Waals surface area contributed by atoms with E-state index in [2.05, 4.69) is 4.98 Å². The largest absolute Gasteiger partial charge is 0.377 e. The van der Waals surface area contributed by atoms with Crippen LogP contribution in [0.4, 0.5) is 0 Å². The summed E-state index contributed by atoms with van der Waals surface area (Å²) in [5.41, 5.74) is 6.50. The summed E-state index contributed by atoms with van der Waals surface area (Å²) in [4.78, 5) is 4.13. The van der Waals surface area contributed by atoms with Gasteiger partial charge in [0, 0.05) is 13.3 Å². The summed E-state index contributed by atoms with van der Waals surface area (Å²) in [5, 5.41) is 0. The van der Waals surface area contributed by atoms with E-state index in [1.54, 1.807) is 13.4 Å². The van der Waals surface area contributed by atoms with Gasteiger partial charge in [-0.25, -0.2) is 4.98 Å². The molecular weight excluding hydrogens is 190 g/mol. The van der Waals surface area contributed by atoms with Gasteiger partial charge in [-0.15, -0.1) is 0 Å². The van der Waals surface area contributed by atoms with Crippen LogP contribution in [0.3, 0.4) is 0 Å². The number of nitrogens with zero attached hydrogens (tertiary/aromatic N) is 2. The van der Waals surface area contributed by atoms with Gasteiger partial charge in [0.15, 0.2) is 0 Å². The molecule has 0 spiro atoms. The molecule has 86 valence electrons. The van der Waals surface area contributed by atoms with Gasteiger partial charge in [0.2, 0.25) is 0 Å². The molecule has 0 aliphatic rings. The Bertz CT molecular complexity index is 323. The van der Waals surface area contributed by atoms with Crippen LogP contribution in [0.1, 0.15) is 33.4 Å². The summed E-state index contributed by atoms with van der Waals surface area (Å²) < 4.78 is 7.43. The average Bonchev–Trinajstić information content (AvgIpc) is 2.50. The fourth-order valence-corrected chi connectivity index (χ4v) is 1.46. The van der Waals surface area contributed by atoms with Crippen molar-refractivity contribution in [3.8, 4) is 0 Å². The number of methoxy groups -OCH3 is 1. The Balaban J connectivity index is 2.92. The molecule has 0 unspecified atom stereocenters. The van der Waals surface area contributed by atoms with Crippen LogP contribution >= 0.6 is 0 Å². The third-order valence-electron chi connectivity index (χ3n) is 2.48. The molecule has 0 radical (unpaired) electrons. The Kier molecular flexibility index (Phi) is 3.21. The number of rotatable bonds is 4. The fourth-order valence-electron chi connectivity index (χ4n) is 1.46. The summed E-state index contributed by atoms with van der Waals surface area (Å²) in [7, 11) is 1.71. The number of ether oxygens (including phenoxy) is 1. The van der Waals surface area contributed by atoms with E-state index < -0.39 is 0 Å². The molecule has 1 rings (SSSR count). The third-order valence-corrected chi connectivity index (χ3v) is 2.48. The summed E-state index contributed by atoms with van der Waals surface area (Å²) in [6.07, 6.45) is 3.61. The van der Waals surface area contributed by atoms with Gasteiger partial charge in [-0.3, -0.25) is 0 Å². The van der Waals surface area contributed by atoms with E-state index in [1.165, 1.54) is 0 Å². The molecule has 1 aromatic rings. The van der Waals surface area contributed by atoms with Crippen molar-refractivity contribution in [1.82, 2.24) is 9.55 Å². The monoisotopic (exact) mass is 211 g/mol. The molecule has 1 heterocycles. The SMILES string of the molecule is COC(C)(C)Cn1cncc1C(C)(C)N. The van der Waals surface area contributed by atoms with Crippen molar-refractivity contribution < 1.29 is 4.74 Å². The Labute approximate surface area is 91.4 Å². The van der Waals surface area contributed by atoms with Crippen molar-refractivity contribution >= 4 is 0 Å². The van der Waals surface area contributed by atoms with E-state index in [0.29, 0.717) is 0 Å². The molecule has 0 bridgehead atoms. The fraction of sp³-hybridized carbons (Fsp3) is 0.727. The lowest BCUT2D eigenvalue weighted by Crippen LogP contribution is -2.35. The summed E-state index contributed by atoms with van der Waals surface area (Å²) in [5.74, 6) is 0. The maximum atomic E-state index is 6.06. The number of imidazole rings is 1. The van der Waals surface area contributed by atoms with Crippen molar-refractivity contribution in [3.63, 3.8) is 0 Å². The molecule has 15 heavy (non-hydrogen) atoms. The van der Waals surface area contributed by atoms with Crippen molar-refractivity contribution in [2.24, 2.45) is 5.73 Å². The van der Waals surface area contributed by atoms with Crippen LogP contribution in [0.5, 0.6) is 0 Å². The zero-order chi connectivity index (χ0) is 11.7. The van der Waals surface area contributed by atoms with Crippen LogP contribution in [-0.2, 0) is 16.8 Å². The first-order chi connectivity index (χ1) is 6.76. The van der Waals surface area contributed by atoms with Crippen molar-refractivity contribution in [3.05, 3.63) is 18.2 Å². The first-order valence-electron chi connectivity index (χ1n) is 5.11. The Morgan fingerprint density at radius 2 is 2.00 bits per heavy atom. The van der Waals surface area contributed by atoms with Crippen LogP contribution in [0.15, 0.2) is 12.5 Å². The second-order valence-electron chi connectivity index (χ2n) is 5.09. The van der Waals surface area contributed by atoms with Crippen molar-refractivity contribution in [2.75, 3.05) is 7.11 Å². The maximum Gasteiger partial charge on any atom is 0.0949 e. The van der Waals surface area contributed by atoms with Gasteiger partial charge in [0.1, 0.15) is 0 Å². The van der Waals surface area contributed by atoms with Crippen LogP contribution in [0.2, 0.25) is 0 Å². The minimum absolute atomic E-state index is 0.208. The van der Waals surface area contributed by atoms with Crippen molar-refractivity contribution in [1.29, 1.82) is 0 Å². The maximum absolute atomic E-state index is 6.06. The summed E-state index contributed by atoms with van der Waals surface area (Å²) in [6.45, 7) is 8.78. The topological polar surface area (TPSA) is 53.1 Å². The molecule has 2 N–H and O–H groups in total. The molecule has 0 aromatic carbocycles. The lowest BCUT2D eigenvalue weighted by molar-refractivity contribution is 0.00707. The molecule has 0 saturated heterocycles. The number of hydrogen-bond acceptors (Lipinski definition) is 3. The van der Waals surface area contributed by atoms with Gasteiger partial charge in [0.05, 0.1) is 29.7 Å². The molecule has 0 saturated carbocycles. The molecule has 0 fully saturated rings. The van der Waals surface area contributed by atoms with E-state index in [-0.39, 0.29) is 11.1 Å². The Morgan fingerprint density at radius 3 is 2.47 bits per heavy atom. The Hall–Kier alpha value is -0.870. The highest BCUT2D eigenvalue weighted by Crippen LogP contribution is 2.19. The van der Waals surface area contributed by atoms with E-state index in [9.17, 15) is 0 Å². The second-order valence-corrected chi connectivity index (χ2v) is 5.09. The normalized spacial score (nSPS) is 13.2. The van der Waals surface area contributed by atoms with Gasteiger partial charge >= 0.3 is 0 Å². The zero-order valence-corrected chi connectivity index (χ0v) is 10.2. The van der Waals surface area contributed by atoms with Crippen LogP contribution < -0.4 is 5.73 Å². The summed E-state index contributed by atoms with van der Waals surface area (Å²) >= 11 is 0. The standard InChI is InChI=1S/C11H21N3O/c1-10(2,15-5)7-14-8-13-6-9(14)11(3,4)12/h6,8H,7,12H2,1-5H3. The van der Waals surface area contributed by atoms with Crippen LogP contribution in [-0.4, -0.2) is 22.3 Å². The van der Waals surface area contributed by atoms with Crippen LogP contribution in [0.25, 0.3) is 0 Å². The molecule has 4 heteroatoms. The molecule has 4 nitrogen and oxygen atoms in total. The van der Waals surface area contributed by atoms with Gasteiger partial charge in [-0.2, -0.15) is 0 Å². The number of hydrogen-bond donors (Lipinski definition) is 1. The molecule has 1 aromatic heterocycles. The smallest absolute Gasteiger partial charge is 0.0949 e. The van der Waals surface area contributed by atoms with Gasteiger partial charge in [0.25, 0.3) is 0 Å². The second kappa shape index (κ2) is 3.94. The van der Waals surface area contributed by atoms with Crippen molar-refractivity contribution in [2.45, 2.75) is 45.4 Å². The summed E-state index contributed by atoms with van der Waals surface area (Å²) in [6, 6.07) is 0. The molecule has 0 aliphatic carbocycles. The quantitative estimate of drug-likeness (QED) is 0.821. The average molecular weight is 211 g/mol. The molecular formula is C11H21N3O. The van der Waals surface area contributed by atoms with Gasteiger partial charge in [-0.05, 0) is 27.7 Å². The van der Waals surface area contributed by atoms with E-state index in [0.717, 1.165) is 12.2 Å². The minimum atomic E-state index is -0.375. The molecule has 0 amide bonds. The van der Waals surface area contributed by atoms with Gasteiger partial charge < -0.3 is 15.0 Å². The van der Waals surface area contributed by atoms with E-state index in [4.69, 9.17) is 10.5 Å². The first-order valence-corrected chi connectivity index (χ1v) is 5.11. The van der Waals surface area contributed by atoms with E-state index >= 15 is 0 Å². The lowest BCUT2D eigenvalue weighted by atomic mass is 10.0. The predicted octanol–water partition coefficient (Wildman–Crippen LogP) is 1.50. The van der Waals surface area contributed by atoms with Crippen LogP contribution in [0, 0.1) is 0 Å². The zero-order valence-electron chi connectivity index (χ0n) is 10.2. The highest BCUT2D eigenvalue weighted by atomic mass is 16.5. The molecule has 0 atom stereocenters.